The van der Waals surface area contributed by atoms with Gasteiger partial charge in [-0.25, -0.2) is 0 Å². The van der Waals surface area contributed by atoms with E-state index in [-0.39, 0.29) is 5.91 Å². The summed E-state index contributed by atoms with van der Waals surface area (Å²) < 4.78 is 10.5. The molecule has 0 aliphatic carbocycles. The van der Waals surface area contributed by atoms with E-state index in [1.54, 1.807) is 37.3 Å². The SMILES string of the molecule is COc1ccc(N(C)C(=O)[C@H]2CNCCO2)cc1Cl. The first-order chi connectivity index (χ1) is 9.13. The predicted octanol–water partition coefficient (Wildman–Crippen LogP) is 1.30. The van der Waals surface area contributed by atoms with Gasteiger partial charge in [-0.05, 0) is 18.2 Å². The van der Waals surface area contributed by atoms with E-state index < -0.39 is 6.10 Å². The Labute approximate surface area is 117 Å². The summed E-state index contributed by atoms with van der Waals surface area (Å²) in [6, 6.07) is 5.23. The van der Waals surface area contributed by atoms with Crippen molar-refractivity contribution in [3.05, 3.63) is 23.2 Å². The lowest BCUT2D eigenvalue weighted by molar-refractivity contribution is -0.131. The van der Waals surface area contributed by atoms with Crippen LogP contribution < -0.4 is 15.0 Å². The number of halogens is 1. The first-order valence-corrected chi connectivity index (χ1v) is 6.44. The van der Waals surface area contributed by atoms with Gasteiger partial charge >= 0.3 is 0 Å². The fourth-order valence-electron chi connectivity index (χ4n) is 1.93. The van der Waals surface area contributed by atoms with E-state index in [0.717, 1.165) is 6.54 Å². The Morgan fingerprint density at radius 2 is 2.37 bits per heavy atom. The molecular weight excluding hydrogens is 268 g/mol. The average molecular weight is 285 g/mol. The number of nitrogens with one attached hydrogen (secondary N) is 1. The minimum Gasteiger partial charge on any atom is -0.495 e. The van der Waals surface area contributed by atoms with Gasteiger partial charge < -0.3 is 19.7 Å². The summed E-state index contributed by atoms with van der Waals surface area (Å²) in [6.07, 6.45) is -0.445. The number of nitrogens with zero attached hydrogens (tertiary/aromatic N) is 1. The first kappa shape index (κ1) is 14.1. The standard InChI is InChI=1S/C13H17ClN2O3/c1-16(13(17)12-8-15-5-6-19-12)9-3-4-11(18-2)10(14)7-9/h3-4,7,12,15H,5-6,8H2,1-2H3/t12-/m1/s1. The van der Waals surface area contributed by atoms with Crippen LogP contribution in [0.25, 0.3) is 0 Å². The summed E-state index contributed by atoms with van der Waals surface area (Å²) in [5.41, 5.74) is 0.713. The van der Waals surface area contributed by atoms with E-state index in [9.17, 15) is 4.79 Å². The van der Waals surface area contributed by atoms with Gasteiger partial charge in [-0.15, -0.1) is 0 Å². The molecule has 0 bridgehead atoms. The van der Waals surface area contributed by atoms with E-state index in [1.165, 1.54) is 0 Å². The second-order valence-corrected chi connectivity index (χ2v) is 4.69. The minimum atomic E-state index is -0.445. The van der Waals surface area contributed by atoms with Crippen molar-refractivity contribution in [1.29, 1.82) is 0 Å². The highest BCUT2D eigenvalue weighted by molar-refractivity contribution is 6.32. The molecule has 1 aromatic carbocycles. The van der Waals surface area contributed by atoms with Gasteiger partial charge in [-0.1, -0.05) is 11.6 Å². The Morgan fingerprint density at radius 1 is 1.58 bits per heavy atom. The molecule has 0 spiro atoms. The summed E-state index contributed by atoms with van der Waals surface area (Å²) in [6.45, 7) is 1.86. The molecule has 5 nitrogen and oxygen atoms in total. The van der Waals surface area contributed by atoms with Crippen LogP contribution in [0.2, 0.25) is 5.02 Å². The molecule has 1 atom stereocenters. The molecule has 2 rings (SSSR count). The highest BCUT2D eigenvalue weighted by Crippen LogP contribution is 2.29. The van der Waals surface area contributed by atoms with E-state index in [4.69, 9.17) is 21.1 Å². The molecule has 1 aromatic rings. The molecule has 1 saturated heterocycles. The molecule has 19 heavy (non-hydrogen) atoms. The number of morpholine rings is 1. The number of methoxy groups -OCH3 is 1. The van der Waals surface area contributed by atoms with Crippen LogP contribution in [-0.2, 0) is 9.53 Å². The molecular formula is C13H17ClN2O3. The Hall–Kier alpha value is -1.30. The second-order valence-electron chi connectivity index (χ2n) is 4.28. The number of rotatable bonds is 3. The Morgan fingerprint density at radius 3 is 2.95 bits per heavy atom. The normalized spacial score (nSPS) is 19.0. The molecule has 1 aliphatic heterocycles. The topological polar surface area (TPSA) is 50.8 Å². The molecule has 104 valence electrons. The number of carbonyl (C=O) groups excluding carboxylic acids is 1. The van der Waals surface area contributed by atoms with Gasteiger partial charge in [-0.3, -0.25) is 4.79 Å². The monoisotopic (exact) mass is 284 g/mol. The van der Waals surface area contributed by atoms with Crippen molar-refractivity contribution in [2.45, 2.75) is 6.10 Å². The number of hydrogen-bond acceptors (Lipinski definition) is 4. The van der Waals surface area contributed by atoms with Crippen molar-refractivity contribution in [3.8, 4) is 5.75 Å². The van der Waals surface area contributed by atoms with Crippen molar-refractivity contribution in [2.75, 3.05) is 38.8 Å². The lowest BCUT2D eigenvalue weighted by Crippen LogP contribution is -2.48. The van der Waals surface area contributed by atoms with Crippen molar-refractivity contribution >= 4 is 23.2 Å². The van der Waals surface area contributed by atoms with Crippen molar-refractivity contribution in [3.63, 3.8) is 0 Å². The maximum Gasteiger partial charge on any atom is 0.257 e. The molecule has 1 fully saturated rings. The molecule has 0 radical (unpaired) electrons. The van der Waals surface area contributed by atoms with Crippen LogP contribution in [0.1, 0.15) is 0 Å². The van der Waals surface area contributed by atoms with Gasteiger partial charge in [0.05, 0.1) is 18.7 Å². The van der Waals surface area contributed by atoms with Crippen LogP contribution >= 0.6 is 11.6 Å². The number of benzene rings is 1. The molecule has 1 heterocycles. The van der Waals surface area contributed by atoms with Crippen LogP contribution in [0.15, 0.2) is 18.2 Å². The number of carbonyl (C=O) groups is 1. The third kappa shape index (κ3) is 3.18. The van der Waals surface area contributed by atoms with Gasteiger partial charge in [0.15, 0.2) is 0 Å². The molecule has 0 aromatic heterocycles. The molecule has 1 N–H and O–H groups in total. The van der Waals surface area contributed by atoms with Crippen LogP contribution in [0, 0.1) is 0 Å². The molecule has 0 saturated carbocycles. The summed E-state index contributed by atoms with van der Waals surface area (Å²) >= 11 is 6.06. The van der Waals surface area contributed by atoms with Crippen molar-refractivity contribution in [1.82, 2.24) is 5.32 Å². The Kier molecular flexibility index (Phi) is 4.63. The number of anilines is 1. The zero-order valence-corrected chi connectivity index (χ0v) is 11.7. The average Bonchev–Trinajstić information content (AvgIpc) is 2.46. The third-order valence-corrected chi connectivity index (χ3v) is 3.35. The lowest BCUT2D eigenvalue weighted by Gasteiger charge is -2.27. The van der Waals surface area contributed by atoms with Gasteiger partial charge in [0, 0.05) is 25.8 Å². The maximum atomic E-state index is 12.3. The molecule has 6 heteroatoms. The summed E-state index contributed by atoms with van der Waals surface area (Å²) in [5.74, 6) is 0.496. The Balaban J connectivity index is 2.11. The highest BCUT2D eigenvalue weighted by Gasteiger charge is 2.25. The zero-order chi connectivity index (χ0) is 13.8. The van der Waals surface area contributed by atoms with Crippen LogP contribution in [0.3, 0.4) is 0 Å². The van der Waals surface area contributed by atoms with E-state index in [2.05, 4.69) is 5.32 Å². The van der Waals surface area contributed by atoms with Gasteiger partial charge in [0.2, 0.25) is 0 Å². The number of amides is 1. The predicted molar refractivity (Wildman–Crippen MR) is 74.0 cm³/mol. The zero-order valence-electron chi connectivity index (χ0n) is 11.0. The molecule has 1 amide bonds. The number of likely N-dealkylation sites (N-methyl/N-ethyl adjacent to an activating group) is 1. The molecule has 0 unspecified atom stereocenters. The van der Waals surface area contributed by atoms with Gasteiger partial charge in [-0.2, -0.15) is 0 Å². The third-order valence-electron chi connectivity index (χ3n) is 3.06. The summed E-state index contributed by atoms with van der Waals surface area (Å²) in [7, 11) is 3.26. The quantitative estimate of drug-likeness (QED) is 0.909. The van der Waals surface area contributed by atoms with Crippen LogP contribution in [0.4, 0.5) is 5.69 Å². The van der Waals surface area contributed by atoms with Gasteiger partial charge in [0.1, 0.15) is 11.9 Å². The fraction of sp³-hybridized carbons (Fsp3) is 0.462. The summed E-state index contributed by atoms with van der Waals surface area (Å²) in [5, 5.41) is 3.61. The minimum absolute atomic E-state index is 0.0894. The van der Waals surface area contributed by atoms with Crippen molar-refractivity contribution in [2.24, 2.45) is 0 Å². The van der Waals surface area contributed by atoms with E-state index >= 15 is 0 Å². The van der Waals surface area contributed by atoms with E-state index in [1.807, 2.05) is 0 Å². The number of ether oxygens (including phenoxy) is 2. The van der Waals surface area contributed by atoms with Crippen molar-refractivity contribution < 1.29 is 14.3 Å². The largest absolute Gasteiger partial charge is 0.495 e. The summed E-state index contributed by atoms with van der Waals surface area (Å²) in [4.78, 5) is 13.8. The second kappa shape index (κ2) is 6.23. The first-order valence-electron chi connectivity index (χ1n) is 6.07. The van der Waals surface area contributed by atoms with E-state index in [0.29, 0.717) is 29.6 Å². The smallest absolute Gasteiger partial charge is 0.257 e. The van der Waals surface area contributed by atoms with Gasteiger partial charge in [0.25, 0.3) is 5.91 Å². The van der Waals surface area contributed by atoms with Crippen LogP contribution in [0.5, 0.6) is 5.75 Å². The fourth-order valence-corrected chi connectivity index (χ4v) is 2.18. The lowest BCUT2D eigenvalue weighted by atomic mass is 10.2. The Bertz CT molecular complexity index is 461. The van der Waals surface area contributed by atoms with Crippen LogP contribution in [-0.4, -0.2) is 45.9 Å². The maximum absolute atomic E-state index is 12.3. The molecule has 1 aliphatic rings. The highest BCUT2D eigenvalue weighted by atomic mass is 35.5. The number of hydrogen-bond donors (Lipinski definition) is 1.